The van der Waals surface area contributed by atoms with Gasteiger partial charge in [0.1, 0.15) is 5.75 Å². The van der Waals surface area contributed by atoms with E-state index in [1.807, 2.05) is 11.8 Å². The van der Waals surface area contributed by atoms with Gasteiger partial charge in [-0.15, -0.1) is 0 Å². The van der Waals surface area contributed by atoms with Crippen molar-refractivity contribution in [2.24, 2.45) is 5.92 Å². The first kappa shape index (κ1) is 15.5. The summed E-state index contributed by atoms with van der Waals surface area (Å²) in [5.74, 6) is 0.744. The summed E-state index contributed by atoms with van der Waals surface area (Å²) in [4.78, 5) is 14.4. The molecule has 1 rings (SSSR count). The summed E-state index contributed by atoms with van der Waals surface area (Å²) >= 11 is 0. The number of nitrogens with zero attached hydrogens (tertiary/aromatic N) is 1. The van der Waals surface area contributed by atoms with Gasteiger partial charge >= 0.3 is 0 Å². The minimum absolute atomic E-state index is 0.0165. The Morgan fingerprint density at radius 2 is 1.89 bits per heavy atom. The molecule has 0 aliphatic rings. The molecule has 0 heterocycles. The van der Waals surface area contributed by atoms with Gasteiger partial charge in [0.15, 0.2) is 0 Å². The standard InChI is InChI=1S/C16H25NO2/c1-5-13(6-2)11-17(7-3)16(19)14-9-8-10-15(18)12(14)4/h8-10,13,18H,5-7,11H2,1-4H3. The SMILES string of the molecule is CCC(CC)CN(CC)C(=O)c1cccc(O)c1C. The predicted octanol–water partition coefficient (Wildman–Crippen LogP) is 3.60. The maximum Gasteiger partial charge on any atom is 0.254 e. The van der Waals surface area contributed by atoms with E-state index in [9.17, 15) is 9.90 Å². The van der Waals surface area contributed by atoms with E-state index in [1.54, 1.807) is 25.1 Å². The van der Waals surface area contributed by atoms with Crippen LogP contribution in [0.15, 0.2) is 18.2 Å². The molecule has 1 aromatic carbocycles. The molecule has 1 N–H and O–H groups in total. The third-order valence-electron chi connectivity index (χ3n) is 3.84. The monoisotopic (exact) mass is 263 g/mol. The lowest BCUT2D eigenvalue weighted by Crippen LogP contribution is -2.35. The van der Waals surface area contributed by atoms with Crippen molar-refractivity contribution in [2.75, 3.05) is 13.1 Å². The Morgan fingerprint density at radius 1 is 1.26 bits per heavy atom. The number of rotatable bonds is 6. The molecule has 0 bridgehead atoms. The molecule has 0 atom stereocenters. The zero-order valence-electron chi connectivity index (χ0n) is 12.4. The van der Waals surface area contributed by atoms with Crippen molar-refractivity contribution in [1.29, 1.82) is 0 Å². The van der Waals surface area contributed by atoms with Gasteiger partial charge in [0, 0.05) is 24.2 Å². The number of aromatic hydroxyl groups is 1. The largest absolute Gasteiger partial charge is 0.508 e. The van der Waals surface area contributed by atoms with Gasteiger partial charge in [0.05, 0.1) is 0 Å². The highest BCUT2D eigenvalue weighted by Crippen LogP contribution is 2.21. The number of carbonyl (C=O) groups excluding carboxylic acids is 1. The molecule has 0 unspecified atom stereocenters. The fraction of sp³-hybridized carbons (Fsp3) is 0.562. The Hall–Kier alpha value is -1.51. The summed E-state index contributed by atoms with van der Waals surface area (Å²) in [6, 6.07) is 5.12. The van der Waals surface area contributed by atoms with E-state index in [-0.39, 0.29) is 11.7 Å². The first-order chi connectivity index (χ1) is 9.04. The lowest BCUT2D eigenvalue weighted by molar-refractivity contribution is 0.0733. The molecule has 0 fully saturated rings. The summed E-state index contributed by atoms with van der Waals surface area (Å²) in [5, 5.41) is 9.71. The van der Waals surface area contributed by atoms with Crippen LogP contribution in [0.5, 0.6) is 5.75 Å². The smallest absolute Gasteiger partial charge is 0.254 e. The Kier molecular flexibility index (Phi) is 5.87. The molecule has 0 saturated heterocycles. The Morgan fingerprint density at radius 3 is 2.42 bits per heavy atom. The Bertz CT molecular complexity index is 425. The van der Waals surface area contributed by atoms with Crippen LogP contribution in [-0.4, -0.2) is 29.0 Å². The number of phenolic OH excluding ortho intramolecular Hbond substituents is 1. The number of phenols is 1. The van der Waals surface area contributed by atoms with Crippen LogP contribution in [0.25, 0.3) is 0 Å². The van der Waals surface area contributed by atoms with Crippen LogP contribution in [0.2, 0.25) is 0 Å². The summed E-state index contributed by atoms with van der Waals surface area (Å²) in [5.41, 5.74) is 1.27. The van der Waals surface area contributed by atoms with E-state index >= 15 is 0 Å². The number of amides is 1. The molecule has 3 nitrogen and oxygen atoms in total. The highest BCUT2D eigenvalue weighted by Gasteiger charge is 2.19. The number of hydrogen-bond donors (Lipinski definition) is 1. The average Bonchev–Trinajstić information content (AvgIpc) is 2.43. The molecule has 0 spiro atoms. The quantitative estimate of drug-likeness (QED) is 0.852. The van der Waals surface area contributed by atoms with E-state index < -0.39 is 0 Å². The fourth-order valence-electron chi connectivity index (χ4n) is 2.24. The van der Waals surface area contributed by atoms with Crippen LogP contribution in [0.4, 0.5) is 0 Å². The van der Waals surface area contributed by atoms with Crippen molar-refractivity contribution in [3.8, 4) is 5.75 Å². The fourth-order valence-corrected chi connectivity index (χ4v) is 2.24. The molecular formula is C16H25NO2. The summed E-state index contributed by atoms with van der Waals surface area (Å²) < 4.78 is 0. The minimum atomic E-state index is 0.0165. The van der Waals surface area contributed by atoms with E-state index in [2.05, 4.69) is 13.8 Å². The molecule has 0 aliphatic heterocycles. The van der Waals surface area contributed by atoms with Crippen LogP contribution < -0.4 is 0 Å². The summed E-state index contributed by atoms with van der Waals surface area (Å²) in [6.45, 7) is 9.59. The first-order valence-corrected chi connectivity index (χ1v) is 7.12. The Balaban J connectivity index is 2.92. The van der Waals surface area contributed by atoms with Crippen LogP contribution in [0, 0.1) is 12.8 Å². The Labute approximate surface area is 116 Å². The lowest BCUT2D eigenvalue weighted by Gasteiger charge is -2.26. The lowest BCUT2D eigenvalue weighted by atomic mass is 10.0. The highest BCUT2D eigenvalue weighted by molar-refractivity contribution is 5.96. The number of carbonyl (C=O) groups is 1. The third kappa shape index (κ3) is 3.72. The van der Waals surface area contributed by atoms with Gasteiger partial charge in [-0.1, -0.05) is 32.8 Å². The predicted molar refractivity (Wildman–Crippen MR) is 78.5 cm³/mol. The molecular weight excluding hydrogens is 238 g/mol. The summed E-state index contributed by atoms with van der Waals surface area (Å²) in [7, 11) is 0. The molecule has 1 amide bonds. The summed E-state index contributed by atoms with van der Waals surface area (Å²) in [6.07, 6.45) is 2.17. The molecule has 0 aromatic heterocycles. The van der Waals surface area contributed by atoms with Gasteiger partial charge < -0.3 is 10.0 Å². The van der Waals surface area contributed by atoms with Gasteiger partial charge in [-0.25, -0.2) is 0 Å². The molecule has 0 saturated carbocycles. The highest BCUT2D eigenvalue weighted by atomic mass is 16.3. The molecule has 1 aromatic rings. The van der Waals surface area contributed by atoms with Crippen molar-refractivity contribution in [3.05, 3.63) is 29.3 Å². The maximum atomic E-state index is 12.5. The van der Waals surface area contributed by atoms with Crippen LogP contribution in [-0.2, 0) is 0 Å². The molecule has 106 valence electrons. The molecule has 0 aliphatic carbocycles. The zero-order chi connectivity index (χ0) is 14.4. The third-order valence-corrected chi connectivity index (χ3v) is 3.84. The van der Waals surface area contributed by atoms with Gasteiger partial charge in [-0.3, -0.25) is 4.79 Å². The molecule has 3 heteroatoms. The number of hydrogen-bond acceptors (Lipinski definition) is 2. The van der Waals surface area contributed by atoms with Crippen LogP contribution in [0.1, 0.15) is 49.5 Å². The second-order valence-electron chi connectivity index (χ2n) is 4.98. The average molecular weight is 263 g/mol. The van der Waals surface area contributed by atoms with Crippen molar-refractivity contribution >= 4 is 5.91 Å². The van der Waals surface area contributed by atoms with Gasteiger partial charge in [-0.2, -0.15) is 0 Å². The van der Waals surface area contributed by atoms with Crippen molar-refractivity contribution in [3.63, 3.8) is 0 Å². The normalized spacial score (nSPS) is 10.8. The zero-order valence-corrected chi connectivity index (χ0v) is 12.4. The molecule has 0 radical (unpaired) electrons. The van der Waals surface area contributed by atoms with E-state index in [4.69, 9.17) is 0 Å². The number of benzene rings is 1. The van der Waals surface area contributed by atoms with E-state index in [0.29, 0.717) is 23.6 Å². The first-order valence-electron chi connectivity index (χ1n) is 7.12. The second-order valence-corrected chi connectivity index (χ2v) is 4.98. The maximum absolute atomic E-state index is 12.5. The van der Waals surface area contributed by atoms with Gasteiger partial charge in [-0.05, 0) is 31.9 Å². The van der Waals surface area contributed by atoms with Gasteiger partial charge in [0.25, 0.3) is 5.91 Å². The van der Waals surface area contributed by atoms with Crippen LogP contribution >= 0.6 is 0 Å². The van der Waals surface area contributed by atoms with Gasteiger partial charge in [0.2, 0.25) is 0 Å². The van der Waals surface area contributed by atoms with Crippen LogP contribution in [0.3, 0.4) is 0 Å². The molecule has 19 heavy (non-hydrogen) atoms. The topological polar surface area (TPSA) is 40.5 Å². The van der Waals surface area contributed by atoms with E-state index in [0.717, 1.165) is 19.4 Å². The van der Waals surface area contributed by atoms with Crippen molar-refractivity contribution in [1.82, 2.24) is 4.90 Å². The minimum Gasteiger partial charge on any atom is -0.508 e. The van der Waals surface area contributed by atoms with Crippen molar-refractivity contribution < 1.29 is 9.90 Å². The van der Waals surface area contributed by atoms with Crippen molar-refractivity contribution in [2.45, 2.75) is 40.5 Å². The second kappa shape index (κ2) is 7.17. The van der Waals surface area contributed by atoms with E-state index in [1.165, 1.54) is 0 Å².